The maximum absolute atomic E-state index is 13.7. The average Bonchev–Trinajstić information content (AvgIpc) is 2.90. The molecule has 4 aromatic carbocycles. The van der Waals surface area contributed by atoms with Crippen LogP contribution in [0.25, 0.3) is 11.6 Å². The smallest absolute Gasteiger partial charge is 0.255 e. The van der Waals surface area contributed by atoms with E-state index in [4.69, 9.17) is 5.73 Å². The normalized spacial score (nSPS) is 11.2. The fraction of sp³-hybridized carbons (Fsp3) is 0.0345. The third-order valence-corrected chi connectivity index (χ3v) is 5.53. The second-order valence-corrected chi connectivity index (χ2v) is 8.16. The Morgan fingerprint density at radius 1 is 0.784 bits per heavy atom. The first-order chi connectivity index (χ1) is 17.8. The molecule has 0 aliphatic rings. The summed E-state index contributed by atoms with van der Waals surface area (Å²) in [7, 11) is 0. The number of nitrogens with two attached hydrogens (primary N) is 1. The second kappa shape index (κ2) is 11.3. The number of para-hydroxylation sites is 2. The molecule has 0 bridgehead atoms. The highest BCUT2D eigenvalue weighted by molar-refractivity contribution is 6.24. The highest BCUT2D eigenvalue weighted by Crippen LogP contribution is 2.21. The van der Waals surface area contributed by atoms with E-state index in [1.807, 2.05) is 0 Å². The summed E-state index contributed by atoms with van der Waals surface area (Å²) in [4.78, 5) is 25.6. The van der Waals surface area contributed by atoms with Gasteiger partial charge in [-0.3, -0.25) is 9.59 Å². The quantitative estimate of drug-likeness (QED) is 0.170. The summed E-state index contributed by atoms with van der Waals surface area (Å²) in [5.74, 6) is -3.37. The van der Waals surface area contributed by atoms with E-state index in [0.29, 0.717) is 22.5 Å². The summed E-state index contributed by atoms with van der Waals surface area (Å²) in [6, 6.07) is 22.1. The van der Waals surface area contributed by atoms with Gasteiger partial charge < -0.3 is 16.4 Å². The highest BCUT2D eigenvalue weighted by Gasteiger charge is 2.14. The monoisotopic (exact) mass is 501 g/mol. The molecule has 0 saturated carbocycles. The SMILES string of the molecule is Nc1ccccc1NC(=O)c1ccc(CNC(=O)/C(=C/c2ccc(F)c(F)c2)c2ccc(F)cc2)cc1. The predicted octanol–water partition coefficient (Wildman–Crippen LogP) is 5.80. The number of benzene rings is 4. The van der Waals surface area contributed by atoms with Gasteiger partial charge in [-0.25, -0.2) is 13.2 Å². The molecule has 2 amide bonds. The van der Waals surface area contributed by atoms with Crippen LogP contribution in [0.1, 0.15) is 27.0 Å². The molecule has 0 unspecified atom stereocenters. The van der Waals surface area contributed by atoms with Crippen molar-refractivity contribution in [3.63, 3.8) is 0 Å². The molecule has 4 aromatic rings. The lowest BCUT2D eigenvalue weighted by molar-refractivity contribution is -0.115. The Bertz CT molecular complexity index is 1470. The van der Waals surface area contributed by atoms with Gasteiger partial charge in [0.05, 0.1) is 11.4 Å². The van der Waals surface area contributed by atoms with Crippen molar-refractivity contribution in [3.05, 3.63) is 131 Å². The molecule has 0 aliphatic heterocycles. The Labute approximate surface area is 211 Å². The first-order valence-corrected chi connectivity index (χ1v) is 11.3. The van der Waals surface area contributed by atoms with Gasteiger partial charge >= 0.3 is 0 Å². The molecular weight excluding hydrogens is 479 g/mol. The molecule has 37 heavy (non-hydrogen) atoms. The third-order valence-electron chi connectivity index (χ3n) is 5.53. The number of rotatable bonds is 7. The van der Waals surface area contributed by atoms with Gasteiger partial charge in [0, 0.05) is 17.7 Å². The number of nitrogens with one attached hydrogen (secondary N) is 2. The van der Waals surface area contributed by atoms with Crippen LogP contribution in [0.15, 0.2) is 91.0 Å². The van der Waals surface area contributed by atoms with Gasteiger partial charge in [-0.15, -0.1) is 0 Å². The Balaban J connectivity index is 1.48. The van der Waals surface area contributed by atoms with E-state index in [2.05, 4.69) is 10.6 Å². The number of anilines is 2. The van der Waals surface area contributed by atoms with E-state index >= 15 is 0 Å². The Hall–Kier alpha value is -4.85. The molecule has 186 valence electrons. The lowest BCUT2D eigenvalue weighted by atomic mass is 10.0. The van der Waals surface area contributed by atoms with Gasteiger partial charge in [-0.05, 0) is 71.3 Å². The van der Waals surface area contributed by atoms with Gasteiger partial charge in [-0.2, -0.15) is 0 Å². The standard InChI is InChI=1S/C29H22F3N3O2/c30-22-12-10-20(11-13-22)23(15-19-7-14-24(31)25(32)16-19)29(37)34-17-18-5-8-21(9-6-18)28(36)35-27-4-2-1-3-26(27)33/h1-16H,17,33H2,(H,34,37)(H,35,36)/b23-15+. The van der Waals surface area contributed by atoms with Crippen LogP contribution < -0.4 is 16.4 Å². The van der Waals surface area contributed by atoms with Crippen molar-refractivity contribution in [2.24, 2.45) is 0 Å². The minimum absolute atomic E-state index is 0.128. The van der Waals surface area contributed by atoms with Crippen LogP contribution in [0.2, 0.25) is 0 Å². The van der Waals surface area contributed by atoms with E-state index in [1.165, 1.54) is 36.4 Å². The number of hydrogen-bond donors (Lipinski definition) is 3. The fourth-order valence-electron chi connectivity index (χ4n) is 3.54. The van der Waals surface area contributed by atoms with Crippen molar-refractivity contribution in [1.82, 2.24) is 5.32 Å². The predicted molar refractivity (Wildman–Crippen MR) is 138 cm³/mol. The lowest BCUT2D eigenvalue weighted by Crippen LogP contribution is -2.24. The highest BCUT2D eigenvalue weighted by atomic mass is 19.2. The largest absolute Gasteiger partial charge is 0.397 e. The molecule has 0 spiro atoms. The van der Waals surface area contributed by atoms with Crippen molar-refractivity contribution in [3.8, 4) is 0 Å². The first-order valence-electron chi connectivity index (χ1n) is 11.3. The minimum atomic E-state index is -1.05. The van der Waals surface area contributed by atoms with Crippen LogP contribution in [0.3, 0.4) is 0 Å². The zero-order valence-electron chi connectivity index (χ0n) is 19.5. The molecule has 0 aliphatic carbocycles. The van der Waals surface area contributed by atoms with Crippen LogP contribution in [-0.2, 0) is 11.3 Å². The van der Waals surface area contributed by atoms with Gasteiger partial charge in [0.2, 0.25) is 0 Å². The van der Waals surface area contributed by atoms with Crippen LogP contribution in [-0.4, -0.2) is 11.8 Å². The van der Waals surface area contributed by atoms with Crippen molar-refractivity contribution in [2.45, 2.75) is 6.54 Å². The molecule has 0 aromatic heterocycles. The van der Waals surface area contributed by atoms with Crippen molar-refractivity contribution in [2.75, 3.05) is 11.1 Å². The fourth-order valence-corrected chi connectivity index (χ4v) is 3.54. The van der Waals surface area contributed by atoms with Crippen molar-refractivity contribution >= 4 is 34.8 Å². The first kappa shape index (κ1) is 25.2. The molecule has 4 N–H and O–H groups in total. The molecule has 0 radical (unpaired) electrons. The van der Waals surface area contributed by atoms with Crippen LogP contribution in [0.5, 0.6) is 0 Å². The molecule has 4 rings (SSSR count). The lowest BCUT2D eigenvalue weighted by Gasteiger charge is -2.11. The molecule has 8 heteroatoms. The average molecular weight is 502 g/mol. The molecule has 0 atom stereocenters. The number of halogens is 3. The Kier molecular flexibility index (Phi) is 7.68. The summed E-state index contributed by atoms with van der Waals surface area (Å²) >= 11 is 0. The van der Waals surface area contributed by atoms with Crippen LogP contribution >= 0.6 is 0 Å². The second-order valence-electron chi connectivity index (χ2n) is 8.16. The topological polar surface area (TPSA) is 84.2 Å². The molecule has 5 nitrogen and oxygen atoms in total. The number of carbonyl (C=O) groups excluding carboxylic acids is 2. The van der Waals surface area contributed by atoms with E-state index in [-0.39, 0.29) is 23.6 Å². The molecule has 0 heterocycles. The van der Waals surface area contributed by atoms with Crippen LogP contribution in [0.4, 0.5) is 24.5 Å². The number of hydrogen-bond acceptors (Lipinski definition) is 3. The summed E-state index contributed by atoms with van der Waals surface area (Å²) in [6.07, 6.45) is 1.40. The Morgan fingerprint density at radius 3 is 2.14 bits per heavy atom. The van der Waals surface area contributed by atoms with Gasteiger partial charge in [-0.1, -0.05) is 42.5 Å². The zero-order chi connectivity index (χ0) is 26.4. The summed E-state index contributed by atoms with van der Waals surface area (Å²) < 4.78 is 40.5. The van der Waals surface area contributed by atoms with E-state index in [9.17, 15) is 22.8 Å². The summed E-state index contributed by atoms with van der Waals surface area (Å²) in [5, 5.41) is 5.51. The molecular formula is C29H22F3N3O2. The maximum atomic E-state index is 13.7. The van der Waals surface area contributed by atoms with E-state index in [0.717, 1.165) is 17.7 Å². The summed E-state index contributed by atoms with van der Waals surface area (Å²) in [5.41, 5.74) is 8.74. The third kappa shape index (κ3) is 6.43. The minimum Gasteiger partial charge on any atom is -0.397 e. The molecule has 0 saturated heterocycles. The number of carbonyl (C=O) groups is 2. The van der Waals surface area contributed by atoms with Crippen molar-refractivity contribution in [1.29, 1.82) is 0 Å². The van der Waals surface area contributed by atoms with Gasteiger partial charge in [0.25, 0.3) is 11.8 Å². The van der Waals surface area contributed by atoms with E-state index < -0.39 is 23.4 Å². The number of amides is 2. The zero-order valence-corrected chi connectivity index (χ0v) is 19.5. The van der Waals surface area contributed by atoms with Gasteiger partial charge in [0.15, 0.2) is 11.6 Å². The van der Waals surface area contributed by atoms with Crippen LogP contribution in [0, 0.1) is 17.5 Å². The van der Waals surface area contributed by atoms with Gasteiger partial charge in [0.1, 0.15) is 5.82 Å². The van der Waals surface area contributed by atoms with E-state index in [1.54, 1.807) is 48.5 Å². The van der Waals surface area contributed by atoms with Crippen molar-refractivity contribution < 1.29 is 22.8 Å². The Morgan fingerprint density at radius 2 is 1.46 bits per heavy atom. The molecule has 0 fully saturated rings. The maximum Gasteiger partial charge on any atom is 0.255 e. The number of nitrogen functional groups attached to an aromatic ring is 1. The summed E-state index contributed by atoms with van der Waals surface area (Å²) in [6.45, 7) is 0.128.